The summed E-state index contributed by atoms with van der Waals surface area (Å²) in [4.78, 5) is 33.6. The number of ether oxygens (including phenoxy) is 1. The van der Waals surface area contributed by atoms with Gasteiger partial charge in [-0.15, -0.1) is 0 Å². The van der Waals surface area contributed by atoms with Crippen molar-refractivity contribution in [1.82, 2.24) is 20.4 Å². The third-order valence-electron chi connectivity index (χ3n) is 7.96. The lowest BCUT2D eigenvalue weighted by Crippen LogP contribution is -2.58. The van der Waals surface area contributed by atoms with E-state index in [0.717, 1.165) is 23.5 Å². The van der Waals surface area contributed by atoms with Crippen LogP contribution in [0.2, 0.25) is 5.02 Å². The van der Waals surface area contributed by atoms with Gasteiger partial charge < -0.3 is 30.1 Å². The van der Waals surface area contributed by atoms with Crippen LogP contribution in [0.5, 0.6) is 5.75 Å². The Hall–Kier alpha value is -3.59. The quantitative estimate of drug-likeness (QED) is 0.378. The smallest absolute Gasteiger partial charge is 0.245 e. The van der Waals surface area contributed by atoms with Crippen LogP contribution >= 0.6 is 11.6 Å². The van der Waals surface area contributed by atoms with Gasteiger partial charge in [0.05, 0.1) is 11.7 Å². The van der Waals surface area contributed by atoms with Crippen LogP contribution in [0, 0.1) is 0 Å². The van der Waals surface area contributed by atoms with Gasteiger partial charge in [-0.2, -0.15) is 0 Å². The standard InChI is InChI=1S/C33H40ClN5O3/c1-37(2)19-20-42-31-10-6-5-9-30(31)38-15-17-39(18-16-38)33(41)29(21-24-11-13-27(34)14-12-24)36-32(40)28-22-25-7-3-4-8-26(25)23-35-28/h3-14,28-29,35H,15-23H2,1-2H3,(H,36,40)/t28-,29-/m1/s1. The molecule has 3 aromatic rings. The van der Waals surface area contributed by atoms with Gasteiger partial charge in [0.15, 0.2) is 0 Å². The molecule has 3 aromatic carbocycles. The molecule has 5 rings (SSSR count). The predicted molar refractivity (Wildman–Crippen MR) is 167 cm³/mol. The molecule has 2 aliphatic rings. The number of nitrogens with zero attached hydrogens (tertiary/aromatic N) is 3. The number of halogens is 1. The third kappa shape index (κ3) is 7.62. The number of fused-ring (bicyclic) bond motifs is 1. The van der Waals surface area contributed by atoms with E-state index < -0.39 is 6.04 Å². The Morgan fingerprint density at radius 1 is 0.976 bits per heavy atom. The number of nitrogens with one attached hydrogen (secondary N) is 2. The minimum atomic E-state index is -0.675. The highest BCUT2D eigenvalue weighted by molar-refractivity contribution is 6.30. The topological polar surface area (TPSA) is 77.2 Å². The molecular formula is C33H40ClN5O3. The zero-order valence-electron chi connectivity index (χ0n) is 24.4. The second-order valence-electron chi connectivity index (χ2n) is 11.2. The van der Waals surface area contributed by atoms with Crippen molar-refractivity contribution in [2.45, 2.75) is 31.5 Å². The minimum absolute atomic E-state index is 0.0651. The number of hydrogen-bond acceptors (Lipinski definition) is 6. The summed E-state index contributed by atoms with van der Waals surface area (Å²) >= 11 is 6.11. The molecule has 0 aromatic heterocycles. The van der Waals surface area contributed by atoms with Crippen LogP contribution < -0.4 is 20.3 Å². The van der Waals surface area contributed by atoms with E-state index in [2.05, 4.69) is 38.6 Å². The molecule has 0 saturated carbocycles. The summed E-state index contributed by atoms with van der Waals surface area (Å²) in [7, 11) is 4.05. The molecule has 8 nitrogen and oxygen atoms in total. The summed E-state index contributed by atoms with van der Waals surface area (Å²) in [5.74, 6) is 0.637. The van der Waals surface area contributed by atoms with E-state index in [1.165, 1.54) is 11.1 Å². The molecule has 0 unspecified atom stereocenters. The number of rotatable bonds is 10. The Morgan fingerprint density at radius 2 is 1.67 bits per heavy atom. The number of piperazine rings is 1. The van der Waals surface area contributed by atoms with Gasteiger partial charge in [-0.25, -0.2) is 0 Å². The van der Waals surface area contributed by atoms with Crippen LogP contribution in [-0.2, 0) is 29.0 Å². The maximum atomic E-state index is 13.9. The van der Waals surface area contributed by atoms with Crippen molar-refractivity contribution >= 4 is 29.1 Å². The number of likely N-dealkylation sites (N-methyl/N-ethyl adjacent to an activating group) is 1. The first-order chi connectivity index (χ1) is 20.4. The van der Waals surface area contributed by atoms with Crippen molar-refractivity contribution in [3.05, 3.63) is 94.5 Å². The molecule has 42 heavy (non-hydrogen) atoms. The number of amides is 2. The Balaban J connectivity index is 1.25. The van der Waals surface area contributed by atoms with Crippen LogP contribution in [0.1, 0.15) is 16.7 Å². The molecule has 9 heteroatoms. The fourth-order valence-electron chi connectivity index (χ4n) is 5.54. The first-order valence-corrected chi connectivity index (χ1v) is 15.0. The fraction of sp³-hybridized carbons (Fsp3) is 0.394. The molecule has 2 N–H and O–H groups in total. The summed E-state index contributed by atoms with van der Waals surface area (Å²) in [6, 6.07) is 22.6. The van der Waals surface area contributed by atoms with Crippen molar-refractivity contribution in [3.63, 3.8) is 0 Å². The SMILES string of the molecule is CN(C)CCOc1ccccc1N1CCN(C(=O)[C@@H](Cc2ccc(Cl)cc2)NC(=O)[C@H]2Cc3ccccc3CN2)CC1. The van der Waals surface area contributed by atoms with Crippen LogP contribution in [0.15, 0.2) is 72.8 Å². The number of anilines is 1. The summed E-state index contributed by atoms with van der Waals surface area (Å²) in [6.07, 6.45) is 0.992. The Morgan fingerprint density at radius 3 is 2.40 bits per heavy atom. The van der Waals surface area contributed by atoms with E-state index in [0.29, 0.717) is 57.2 Å². The summed E-state index contributed by atoms with van der Waals surface area (Å²) < 4.78 is 6.09. The maximum absolute atomic E-state index is 13.9. The molecule has 1 saturated heterocycles. The third-order valence-corrected chi connectivity index (χ3v) is 8.21. The molecule has 0 radical (unpaired) electrons. The minimum Gasteiger partial charge on any atom is -0.490 e. The van der Waals surface area contributed by atoms with Crippen LogP contribution in [0.3, 0.4) is 0 Å². The second-order valence-corrected chi connectivity index (χ2v) is 11.7. The average Bonchev–Trinajstić information content (AvgIpc) is 3.01. The van der Waals surface area contributed by atoms with E-state index in [1.807, 2.05) is 73.6 Å². The molecular weight excluding hydrogens is 550 g/mol. The lowest BCUT2D eigenvalue weighted by molar-refractivity contribution is -0.137. The van der Waals surface area contributed by atoms with Gasteiger partial charge in [-0.3, -0.25) is 9.59 Å². The van der Waals surface area contributed by atoms with Crippen molar-refractivity contribution in [1.29, 1.82) is 0 Å². The Labute approximate surface area is 253 Å². The van der Waals surface area contributed by atoms with E-state index in [1.54, 1.807) is 0 Å². The van der Waals surface area contributed by atoms with E-state index in [9.17, 15) is 9.59 Å². The van der Waals surface area contributed by atoms with Crippen molar-refractivity contribution in [2.24, 2.45) is 0 Å². The number of carbonyl (C=O) groups is 2. The van der Waals surface area contributed by atoms with Crippen molar-refractivity contribution in [3.8, 4) is 5.75 Å². The number of benzene rings is 3. The maximum Gasteiger partial charge on any atom is 0.245 e. The van der Waals surface area contributed by atoms with Crippen LogP contribution in [0.4, 0.5) is 5.69 Å². The molecule has 2 heterocycles. The van der Waals surface area contributed by atoms with Gasteiger partial charge >= 0.3 is 0 Å². The van der Waals surface area contributed by atoms with Gasteiger partial charge in [0.25, 0.3) is 0 Å². The van der Waals surface area contributed by atoms with E-state index >= 15 is 0 Å². The molecule has 0 spiro atoms. The average molecular weight is 590 g/mol. The van der Waals surface area contributed by atoms with Crippen LogP contribution in [0.25, 0.3) is 0 Å². The van der Waals surface area contributed by atoms with Crippen molar-refractivity contribution in [2.75, 3.05) is 58.3 Å². The van der Waals surface area contributed by atoms with Crippen LogP contribution in [-0.4, -0.2) is 87.1 Å². The lowest BCUT2D eigenvalue weighted by atomic mass is 9.95. The Kier molecular flexibility index (Phi) is 10.00. The number of para-hydroxylation sites is 2. The molecule has 1 fully saturated rings. The highest BCUT2D eigenvalue weighted by atomic mass is 35.5. The van der Waals surface area contributed by atoms with Gasteiger partial charge in [0.1, 0.15) is 18.4 Å². The second kappa shape index (κ2) is 14.1. The molecule has 2 amide bonds. The summed E-state index contributed by atoms with van der Waals surface area (Å²) in [6.45, 7) is 4.56. The molecule has 2 aliphatic heterocycles. The zero-order chi connectivity index (χ0) is 29.5. The summed E-state index contributed by atoms with van der Waals surface area (Å²) in [5, 5.41) is 7.08. The van der Waals surface area contributed by atoms with Crippen molar-refractivity contribution < 1.29 is 14.3 Å². The number of hydrogen-bond donors (Lipinski definition) is 2. The van der Waals surface area contributed by atoms with Gasteiger partial charge in [-0.1, -0.05) is 60.1 Å². The first kappa shape index (κ1) is 29.9. The van der Waals surface area contributed by atoms with Gasteiger partial charge in [0.2, 0.25) is 11.8 Å². The molecule has 0 bridgehead atoms. The number of carbonyl (C=O) groups excluding carboxylic acids is 2. The zero-order valence-corrected chi connectivity index (χ0v) is 25.1. The van der Waals surface area contributed by atoms with E-state index in [-0.39, 0.29) is 17.9 Å². The van der Waals surface area contributed by atoms with E-state index in [4.69, 9.17) is 16.3 Å². The lowest BCUT2D eigenvalue weighted by Gasteiger charge is -2.38. The highest BCUT2D eigenvalue weighted by Crippen LogP contribution is 2.29. The Bertz CT molecular complexity index is 1360. The molecule has 2 atom stereocenters. The monoisotopic (exact) mass is 589 g/mol. The first-order valence-electron chi connectivity index (χ1n) is 14.6. The summed E-state index contributed by atoms with van der Waals surface area (Å²) in [5.41, 5.74) is 4.36. The predicted octanol–water partition coefficient (Wildman–Crippen LogP) is 3.37. The normalized spacial score (nSPS) is 17.5. The van der Waals surface area contributed by atoms with Gasteiger partial charge in [-0.05, 0) is 61.5 Å². The molecule has 222 valence electrons. The highest BCUT2D eigenvalue weighted by Gasteiger charge is 2.32. The fourth-order valence-corrected chi connectivity index (χ4v) is 5.66. The molecule has 0 aliphatic carbocycles. The van der Waals surface area contributed by atoms with Gasteiger partial charge in [0, 0.05) is 50.7 Å². The largest absolute Gasteiger partial charge is 0.490 e.